The molecule has 3 aromatic rings. The Labute approximate surface area is 203 Å². The number of nitrogens with zero attached hydrogens (tertiary/aromatic N) is 7. The largest absolute Gasteiger partial charge is 0.419 e. The molecular formula is C22H24F4N8O2. The number of morpholine rings is 1. The number of ether oxygens (including phenoxy) is 1. The zero-order chi connectivity index (χ0) is 26.2. The van der Waals surface area contributed by atoms with Crippen molar-refractivity contribution in [1.29, 1.82) is 0 Å². The second-order valence-electron chi connectivity index (χ2n) is 8.51. The van der Waals surface area contributed by atoms with Gasteiger partial charge in [0.1, 0.15) is 0 Å². The maximum Gasteiger partial charge on any atom is 0.419 e. The number of aromatic nitrogens is 6. The Balaban J connectivity index is 1.61. The van der Waals surface area contributed by atoms with Crippen LogP contribution in [0.2, 0.25) is 0 Å². The summed E-state index contributed by atoms with van der Waals surface area (Å²) in [6.07, 6.45) is -1.85. The molecule has 0 saturated carbocycles. The number of hydrogen-bond donors (Lipinski definition) is 1. The summed E-state index contributed by atoms with van der Waals surface area (Å²) < 4.78 is 59.2. The summed E-state index contributed by atoms with van der Waals surface area (Å²) in [5.41, 5.74) is 0.132. The quantitative estimate of drug-likeness (QED) is 0.524. The molecule has 192 valence electrons. The van der Waals surface area contributed by atoms with E-state index in [4.69, 9.17) is 4.74 Å². The molecule has 1 amide bonds. The number of aryl methyl sites for hydroxylation is 1. The molecule has 1 aliphatic rings. The number of rotatable bonds is 5. The van der Waals surface area contributed by atoms with Gasteiger partial charge in [-0.2, -0.15) is 18.3 Å². The smallest absolute Gasteiger partial charge is 0.372 e. The van der Waals surface area contributed by atoms with Gasteiger partial charge in [0.2, 0.25) is 5.95 Å². The topological polar surface area (TPSA) is 111 Å². The monoisotopic (exact) mass is 508 g/mol. The van der Waals surface area contributed by atoms with E-state index in [1.54, 1.807) is 25.8 Å². The van der Waals surface area contributed by atoms with Gasteiger partial charge in [-0.05, 0) is 20.8 Å². The third-order valence-electron chi connectivity index (χ3n) is 5.93. The Morgan fingerprint density at radius 1 is 1.14 bits per heavy atom. The molecule has 1 saturated heterocycles. The second kappa shape index (κ2) is 9.76. The average Bonchev–Trinajstić information content (AvgIpc) is 3.12. The molecule has 0 spiro atoms. The van der Waals surface area contributed by atoms with Gasteiger partial charge in [-0.15, -0.1) is 0 Å². The van der Waals surface area contributed by atoms with Crippen LogP contribution in [0.5, 0.6) is 0 Å². The zero-order valence-electron chi connectivity index (χ0n) is 19.9. The fourth-order valence-electron chi connectivity index (χ4n) is 4.04. The van der Waals surface area contributed by atoms with Gasteiger partial charge >= 0.3 is 6.18 Å². The van der Waals surface area contributed by atoms with Crippen molar-refractivity contribution in [2.24, 2.45) is 7.05 Å². The van der Waals surface area contributed by atoms with Crippen molar-refractivity contribution in [1.82, 2.24) is 34.6 Å². The number of anilines is 1. The number of carbonyl (C=O) groups is 1. The third kappa shape index (κ3) is 5.12. The standard InChI is InChI=1S/C22H24F4N8O2/c1-11-10-34(16(13(3)36-11)9-31-21-29-5-14(6-30-21)22(24,25)26)20(35)18-17(12(2)33(4)32-18)19-27-7-15(23)8-28-19/h5-8,11,13,16H,9-10H2,1-4H3,(H,29,30,31)/t11-,13+,16-/m1/s1. The molecule has 3 atom stereocenters. The molecule has 0 unspecified atom stereocenters. The minimum atomic E-state index is -4.55. The van der Waals surface area contributed by atoms with E-state index < -0.39 is 35.6 Å². The Hall–Kier alpha value is -3.68. The molecule has 4 rings (SSSR count). The van der Waals surface area contributed by atoms with E-state index >= 15 is 0 Å². The minimum Gasteiger partial charge on any atom is -0.372 e. The van der Waals surface area contributed by atoms with E-state index in [-0.39, 0.29) is 36.7 Å². The maximum atomic E-state index is 13.8. The summed E-state index contributed by atoms with van der Waals surface area (Å²) in [4.78, 5) is 30.8. The Kier molecular flexibility index (Phi) is 6.89. The van der Waals surface area contributed by atoms with E-state index in [1.807, 2.05) is 6.92 Å². The molecule has 3 aromatic heterocycles. The summed E-state index contributed by atoms with van der Waals surface area (Å²) in [6, 6.07) is -0.524. The Bertz CT molecular complexity index is 1230. The van der Waals surface area contributed by atoms with Crippen molar-refractivity contribution in [2.75, 3.05) is 18.4 Å². The number of alkyl halides is 3. The molecule has 1 N–H and O–H groups in total. The van der Waals surface area contributed by atoms with Crippen LogP contribution in [-0.4, -0.2) is 71.9 Å². The predicted molar refractivity (Wildman–Crippen MR) is 119 cm³/mol. The highest BCUT2D eigenvalue weighted by atomic mass is 19.4. The number of hydrogen-bond acceptors (Lipinski definition) is 8. The first-order valence-corrected chi connectivity index (χ1v) is 11.1. The van der Waals surface area contributed by atoms with Gasteiger partial charge < -0.3 is 15.0 Å². The molecule has 36 heavy (non-hydrogen) atoms. The van der Waals surface area contributed by atoms with Crippen LogP contribution in [-0.2, 0) is 18.0 Å². The van der Waals surface area contributed by atoms with Gasteiger partial charge in [-0.1, -0.05) is 0 Å². The molecule has 1 fully saturated rings. The summed E-state index contributed by atoms with van der Waals surface area (Å²) in [6.45, 7) is 5.72. The van der Waals surface area contributed by atoms with Crippen LogP contribution in [0.4, 0.5) is 23.5 Å². The Morgan fingerprint density at radius 3 is 2.39 bits per heavy atom. The van der Waals surface area contributed by atoms with Gasteiger partial charge in [0.25, 0.3) is 5.91 Å². The number of halogens is 4. The number of nitrogens with one attached hydrogen (secondary N) is 1. The maximum absolute atomic E-state index is 13.8. The lowest BCUT2D eigenvalue weighted by atomic mass is 10.0. The van der Waals surface area contributed by atoms with Crippen molar-refractivity contribution in [3.63, 3.8) is 0 Å². The van der Waals surface area contributed by atoms with Crippen LogP contribution in [0.1, 0.15) is 35.6 Å². The van der Waals surface area contributed by atoms with Gasteiger partial charge in [0.05, 0.1) is 41.8 Å². The molecular weight excluding hydrogens is 484 g/mol. The third-order valence-corrected chi connectivity index (χ3v) is 5.93. The minimum absolute atomic E-state index is 0.0182. The van der Waals surface area contributed by atoms with Crippen LogP contribution >= 0.6 is 0 Å². The molecule has 1 aliphatic heterocycles. The van der Waals surface area contributed by atoms with Crippen LogP contribution in [0.3, 0.4) is 0 Å². The van der Waals surface area contributed by atoms with Crippen molar-refractivity contribution >= 4 is 11.9 Å². The first kappa shape index (κ1) is 25.4. The molecule has 0 bridgehead atoms. The Morgan fingerprint density at radius 2 is 1.78 bits per heavy atom. The van der Waals surface area contributed by atoms with Crippen LogP contribution in [0, 0.1) is 12.7 Å². The summed E-state index contributed by atoms with van der Waals surface area (Å²) in [7, 11) is 1.67. The van der Waals surface area contributed by atoms with E-state index in [0.29, 0.717) is 23.7 Å². The van der Waals surface area contributed by atoms with E-state index in [1.165, 1.54) is 4.68 Å². The highest BCUT2D eigenvalue weighted by Crippen LogP contribution is 2.29. The number of amides is 1. The fourth-order valence-corrected chi connectivity index (χ4v) is 4.04. The van der Waals surface area contributed by atoms with E-state index in [9.17, 15) is 22.4 Å². The highest BCUT2D eigenvalue weighted by molar-refractivity contribution is 5.99. The number of carbonyl (C=O) groups excluding carboxylic acids is 1. The molecule has 0 aromatic carbocycles. The van der Waals surface area contributed by atoms with Crippen molar-refractivity contribution in [2.45, 2.75) is 45.2 Å². The van der Waals surface area contributed by atoms with Gasteiger partial charge in [0.15, 0.2) is 17.3 Å². The molecule has 0 radical (unpaired) electrons. The van der Waals surface area contributed by atoms with Crippen molar-refractivity contribution in [3.8, 4) is 11.4 Å². The van der Waals surface area contributed by atoms with Crippen molar-refractivity contribution < 1.29 is 27.1 Å². The lowest BCUT2D eigenvalue weighted by molar-refractivity contribution is -0.138. The lowest BCUT2D eigenvalue weighted by Crippen LogP contribution is -2.58. The summed E-state index contributed by atoms with van der Waals surface area (Å²) in [5, 5.41) is 7.27. The SMILES string of the molecule is Cc1c(-c2ncc(F)cn2)c(C(=O)N2C[C@@H](C)O[C@@H](C)[C@H]2CNc2ncc(C(F)(F)F)cn2)nn1C. The predicted octanol–water partition coefficient (Wildman–Crippen LogP) is 2.86. The summed E-state index contributed by atoms with van der Waals surface area (Å²) in [5.74, 6) is -0.882. The highest BCUT2D eigenvalue weighted by Gasteiger charge is 2.39. The lowest BCUT2D eigenvalue weighted by Gasteiger charge is -2.42. The van der Waals surface area contributed by atoms with Gasteiger partial charge in [-0.3, -0.25) is 9.48 Å². The molecule has 10 nitrogen and oxygen atoms in total. The van der Waals surface area contributed by atoms with Crippen LogP contribution in [0.25, 0.3) is 11.4 Å². The first-order chi connectivity index (χ1) is 17.0. The average molecular weight is 508 g/mol. The zero-order valence-corrected chi connectivity index (χ0v) is 19.9. The van der Waals surface area contributed by atoms with E-state index in [0.717, 1.165) is 12.4 Å². The second-order valence-corrected chi connectivity index (χ2v) is 8.51. The summed E-state index contributed by atoms with van der Waals surface area (Å²) >= 11 is 0. The van der Waals surface area contributed by atoms with Crippen molar-refractivity contribution in [3.05, 3.63) is 47.6 Å². The van der Waals surface area contributed by atoms with Gasteiger partial charge in [-0.25, -0.2) is 24.3 Å². The van der Waals surface area contributed by atoms with Gasteiger partial charge in [0, 0.05) is 38.2 Å². The molecule has 0 aliphatic carbocycles. The normalized spacial score (nSPS) is 20.4. The molecule has 14 heteroatoms. The van der Waals surface area contributed by atoms with Crippen LogP contribution in [0.15, 0.2) is 24.8 Å². The first-order valence-electron chi connectivity index (χ1n) is 11.1. The van der Waals surface area contributed by atoms with Crippen LogP contribution < -0.4 is 5.32 Å². The molecule has 4 heterocycles. The fraction of sp³-hybridized carbons (Fsp3) is 0.455. The van der Waals surface area contributed by atoms with E-state index in [2.05, 4.69) is 30.4 Å².